The normalized spacial score (nSPS) is 16.2. The number of rotatable bonds is 5. The van der Waals surface area contributed by atoms with Crippen LogP contribution in [0.1, 0.15) is 12.8 Å². The van der Waals surface area contributed by atoms with Gasteiger partial charge in [0.2, 0.25) is 10.0 Å². The fourth-order valence-electron chi connectivity index (χ4n) is 2.51. The first kappa shape index (κ1) is 16.9. The molecule has 0 radical (unpaired) electrons. The number of aromatic nitrogens is 1. The average molecular weight is 367 g/mol. The summed E-state index contributed by atoms with van der Waals surface area (Å²) in [6, 6.07) is 8.44. The fraction of sp³-hybridized carbons (Fsp3) is 0.267. The van der Waals surface area contributed by atoms with E-state index in [1.54, 1.807) is 0 Å². The first-order valence-corrected chi connectivity index (χ1v) is 10.3. The number of hydrogen-bond donors (Lipinski definition) is 1. The van der Waals surface area contributed by atoms with Gasteiger partial charge in [0, 0.05) is 25.5 Å². The summed E-state index contributed by atoms with van der Waals surface area (Å²) in [4.78, 5) is 3.71. The van der Waals surface area contributed by atoms with E-state index in [9.17, 15) is 16.8 Å². The lowest BCUT2D eigenvalue weighted by Crippen LogP contribution is -2.28. The Hall–Kier alpha value is -1.97. The Kier molecular flexibility index (Phi) is 4.57. The Morgan fingerprint density at radius 1 is 0.917 bits per heavy atom. The predicted octanol–water partition coefficient (Wildman–Crippen LogP) is 1.67. The molecule has 24 heavy (non-hydrogen) atoms. The molecule has 1 N–H and O–H groups in total. The van der Waals surface area contributed by atoms with Crippen LogP contribution in [0.3, 0.4) is 0 Å². The van der Waals surface area contributed by atoms with E-state index < -0.39 is 20.0 Å². The summed E-state index contributed by atoms with van der Waals surface area (Å²) in [6.45, 7) is 0.934. The third-order valence-electron chi connectivity index (χ3n) is 3.75. The number of sulfonamides is 2. The highest BCUT2D eigenvalue weighted by molar-refractivity contribution is 7.93. The molecule has 2 aromatic rings. The highest BCUT2D eigenvalue weighted by Gasteiger charge is 2.28. The zero-order valence-corrected chi connectivity index (χ0v) is 14.4. The number of pyridine rings is 1. The van der Waals surface area contributed by atoms with E-state index in [0.29, 0.717) is 18.8 Å². The Balaban J connectivity index is 1.92. The molecule has 1 aromatic carbocycles. The molecule has 3 rings (SSSR count). The molecule has 7 nitrogen and oxygen atoms in total. The van der Waals surface area contributed by atoms with Crippen molar-refractivity contribution in [1.82, 2.24) is 9.29 Å². The van der Waals surface area contributed by atoms with E-state index in [4.69, 9.17) is 0 Å². The molecule has 0 aliphatic carbocycles. The number of nitrogens with one attached hydrogen (secondary N) is 1. The third kappa shape index (κ3) is 3.42. The molecule has 2 heterocycles. The maximum atomic E-state index is 12.6. The lowest BCUT2D eigenvalue weighted by atomic mass is 10.4. The average Bonchev–Trinajstić information content (AvgIpc) is 3.11. The summed E-state index contributed by atoms with van der Waals surface area (Å²) in [5.41, 5.74) is 0.359. The topological polar surface area (TPSA) is 96.4 Å². The first-order chi connectivity index (χ1) is 11.4. The van der Waals surface area contributed by atoms with Gasteiger partial charge in [0.1, 0.15) is 0 Å². The Bertz CT molecular complexity index is 922. The van der Waals surface area contributed by atoms with Crippen molar-refractivity contribution in [3.63, 3.8) is 0 Å². The Morgan fingerprint density at radius 2 is 1.54 bits per heavy atom. The van der Waals surface area contributed by atoms with Crippen LogP contribution in [-0.4, -0.2) is 39.2 Å². The second kappa shape index (κ2) is 6.50. The number of anilines is 1. The number of benzene rings is 1. The summed E-state index contributed by atoms with van der Waals surface area (Å²) >= 11 is 0. The molecule has 0 atom stereocenters. The monoisotopic (exact) mass is 367 g/mol. The molecule has 0 unspecified atom stereocenters. The van der Waals surface area contributed by atoms with Gasteiger partial charge >= 0.3 is 0 Å². The van der Waals surface area contributed by atoms with Crippen molar-refractivity contribution >= 4 is 25.7 Å². The van der Waals surface area contributed by atoms with E-state index in [0.717, 1.165) is 12.8 Å². The van der Waals surface area contributed by atoms with Gasteiger partial charge in [0.05, 0.1) is 15.5 Å². The zero-order chi connectivity index (χ0) is 17.2. The minimum Gasteiger partial charge on any atom is -0.280 e. The highest BCUT2D eigenvalue weighted by Crippen LogP contribution is 2.24. The number of hydrogen-bond acceptors (Lipinski definition) is 5. The largest absolute Gasteiger partial charge is 0.280 e. The van der Waals surface area contributed by atoms with Crippen LogP contribution >= 0.6 is 0 Å². The van der Waals surface area contributed by atoms with Gasteiger partial charge in [-0.3, -0.25) is 9.71 Å². The molecule has 0 spiro atoms. The van der Waals surface area contributed by atoms with Gasteiger partial charge in [-0.25, -0.2) is 16.8 Å². The van der Waals surface area contributed by atoms with E-state index >= 15 is 0 Å². The van der Waals surface area contributed by atoms with E-state index in [2.05, 4.69) is 9.71 Å². The van der Waals surface area contributed by atoms with Crippen LogP contribution in [0.15, 0.2) is 58.6 Å². The summed E-state index contributed by atoms with van der Waals surface area (Å²) in [7, 11) is -7.54. The summed E-state index contributed by atoms with van der Waals surface area (Å²) in [5, 5.41) is 0. The second-order valence-corrected chi connectivity index (χ2v) is 9.05. The van der Waals surface area contributed by atoms with Gasteiger partial charge < -0.3 is 0 Å². The standard InChI is InChI=1S/C15H17N3O4S2/c19-23(20,17-13-6-8-16-9-7-13)14-4-3-5-15(12-14)24(21,22)18-10-1-2-11-18/h3-9,12H,1-2,10-11H2,(H,16,17). The quantitative estimate of drug-likeness (QED) is 0.867. The van der Waals surface area contributed by atoms with Crippen molar-refractivity contribution in [2.24, 2.45) is 0 Å². The summed E-state index contributed by atoms with van der Waals surface area (Å²) < 4.78 is 53.9. The molecule has 1 aliphatic rings. The molecule has 0 saturated carbocycles. The second-order valence-electron chi connectivity index (χ2n) is 5.43. The predicted molar refractivity (Wildman–Crippen MR) is 89.5 cm³/mol. The van der Waals surface area contributed by atoms with Gasteiger partial charge in [0.25, 0.3) is 10.0 Å². The van der Waals surface area contributed by atoms with Gasteiger partial charge in [-0.05, 0) is 43.2 Å². The molecule has 0 bridgehead atoms. The molecule has 1 saturated heterocycles. The van der Waals surface area contributed by atoms with Crippen LogP contribution in [0.4, 0.5) is 5.69 Å². The van der Waals surface area contributed by atoms with Gasteiger partial charge in [0.15, 0.2) is 0 Å². The molecule has 9 heteroatoms. The molecular weight excluding hydrogens is 350 g/mol. The minimum absolute atomic E-state index is 0.0120. The van der Waals surface area contributed by atoms with Gasteiger partial charge in [-0.1, -0.05) is 6.07 Å². The van der Waals surface area contributed by atoms with E-state index in [1.165, 1.54) is 53.1 Å². The molecule has 1 aromatic heterocycles. The molecule has 128 valence electrons. The molecular formula is C15H17N3O4S2. The highest BCUT2D eigenvalue weighted by atomic mass is 32.2. The fourth-order valence-corrected chi connectivity index (χ4v) is 5.26. The molecule has 1 fully saturated rings. The van der Waals surface area contributed by atoms with Gasteiger partial charge in [-0.15, -0.1) is 0 Å². The lowest BCUT2D eigenvalue weighted by molar-refractivity contribution is 0.477. The maximum Gasteiger partial charge on any atom is 0.261 e. The SMILES string of the molecule is O=S(=O)(Nc1ccncc1)c1cccc(S(=O)(=O)N2CCCC2)c1. The van der Waals surface area contributed by atoms with Crippen molar-refractivity contribution in [2.75, 3.05) is 17.8 Å². The van der Waals surface area contributed by atoms with Crippen LogP contribution < -0.4 is 4.72 Å². The molecule has 1 aliphatic heterocycles. The van der Waals surface area contributed by atoms with Crippen LogP contribution in [0.25, 0.3) is 0 Å². The Labute approximate surface area is 141 Å². The lowest BCUT2D eigenvalue weighted by Gasteiger charge is -2.16. The van der Waals surface area contributed by atoms with Crippen LogP contribution in [0.5, 0.6) is 0 Å². The first-order valence-electron chi connectivity index (χ1n) is 7.43. The minimum atomic E-state index is -3.88. The Morgan fingerprint density at radius 3 is 2.21 bits per heavy atom. The van der Waals surface area contributed by atoms with Crippen molar-refractivity contribution in [3.8, 4) is 0 Å². The number of nitrogens with zero attached hydrogens (tertiary/aromatic N) is 2. The molecule has 0 amide bonds. The third-order valence-corrected chi connectivity index (χ3v) is 7.02. The summed E-state index contributed by atoms with van der Waals surface area (Å²) in [6.07, 6.45) is 4.57. The maximum absolute atomic E-state index is 12.6. The zero-order valence-electron chi connectivity index (χ0n) is 12.8. The van der Waals surface area contributed by atoms with Crippen molar-refractivity contribution in [2.45, 2.75) is 22.6 Å². The van der Waals surface area contributed by atoms with Crippen LogP contribution in [0, 0.1) is 0 Å². The van der Waals surface area contributed by atoms with Crippen LogP contribution in [-0.2, 0) is 20.0 Å². The van der Waals surface area contributed by atoms with Crippen LogP contribution in [0.2, 0.25) is 0 Å². The van der Waals surface area contributed by atoms with Crippen molar-refractivity contribution in [1.29, 1.82) is 0 Å². The summed E-state index contributed by atoms with van der Waals surface area (Å²) in [5.74, 6) is 0. The van der Waals surface area contributed by atoms with Gasteiger partial charge in [-0.2, -0.15) is 4.31 Å². The van der Waals surface area contributed by atoms with Crippen molar-refractivity contribution in [3.05, 3.63) is 48.8 Å². The smallest absolute Gasteiger partial charge is 0.261 e. The van der Waals surface area contributed by atoms with E-state index in [1.807, 2.05) is 0 Å². The van der Waals surface area contributed by atoms with Crippen molar-refractivity contribution < 1.29 is 16.8 Å². The van der Waals surface area contributed by atoms with E-state index in [-0.39, 0.29) is 9.79 Å².